The predicted molar refractivity (Wildman–Crippen MR) is 127 cm³/mol. The van der Waals surface area contributed by atoms with Gasteiger partial charge in [-0.3, -0.25) is 14.5 Å². The van der Waals surface area contributed by atoms with Crippen molar-refractivity contribution in [2.24, 2.45) is 0 Å². The molecule has 2 N–H and O–H groups in total. The number of carbonyl (C=O) groups is 2. The molecule has 0 spiro atoms. The zero-order valence-electron chi connectivity index (χ0n) is 19.7. The van der Waals surface area contributed by atoms with Crippen LogP contribution < -0.4 is 5.32 Å². The number of hydrogen-bond donors (Lipinski definition) is 2. The average molecular weight is 470 g/mol. The van der Waals surface area contributed by atoms with E-state index < -0.39 is 0 Å². The number of amides is 1. The monoisotopic (exact) mass is 469 g/mol. The maximum Gasteiger partial charge on any atom is 0.237 e. The van der Waals surface area contributed by atoms with E-state index in [1.54, 1.807) is 37.5 Å². The van der Waals surface area contributed by atoms with Gasteiger partial charge in [-0.2, -0.15) is 0 Å². The van der Waals surface area contributed by atoms with Crippen LogP contribution in [-0.2, 0) is 11.2 Å². The molecule has 1 saturated heterocycles. The Balaban J connectivity index is 0.000000302. The number of aromatic nitrogens is 3. The van der Waals surface area contributed by atoms with Crippen molar-refractivity contribution in [3.05, 3.63) is 60.1 Å². The van der Waals surface area contributed by atoms with E-state index in [9.17, 15) is 14.0 Å². The van der Waals surface area contributed by atoms with Crippen molar-refractivity contribution in [2.45, 2.75) is 51.0 Å². The molecule has 34 heavy (non-hydrogen) atoms. The zero-order chi connectivity index (χ0) is 24.3. The number of likely N-dealkylation sites (tertiary alicyclic amines) is 1. The second-order valence-electron chi connectivity index (χ2n) is 8.34. The number of unbranched alkanes of at least 4 members (excludes halogenated alkanes) is 3. The summed E-state index contributed by atoms with van der Waals surface area (Å²) in [7, 11) is 3.64. The summed E-state index contributed by atoms with van der Waals surface area (Å²) in [5.74, 6) is 0.768. The molecular weight excluding hydrogens is 437 g/mol. The van der Waals surface area contributed by atoms with Gasteiger partial charge in [0.05, 0.1) is 17.9 Å². The number of hydrogen-bond acceptors (Lipinski definition) is 6. The number of halogens is 1. The highest BCUT2D eigenvalue weighted by Crippen LogP contribution is 2.21. The molecule has 182 valence electrons. The van der Waals surface area contributed by atoms with Gasteiger partial charge in [-0.05, 0) is 38.4 Å². The molecule has 1 fully saturated rings. The van der Waals surface area contributed by atoms with E-state index in [1.807, 2.05) is 11.9 Å². The van der Waals surface area contributed by atoms with E-state index >= 15 is 0 Å². The van der Waals surface area contributed by atoms with Crippen molar-refractivity contribution in [2.75, 3.05) is 20.6 Å². The molecule has 0 bridgehead atoms. The van der Waals surface area contributed by atoms with E-state index in [2.05, 4.69) is 25.0 Å². The minimum Gasteiger partial charge on any atom is -0.364 e. The van der Waals surface area contributed by atoms with Crippen molar-refractivity contribution in [1.29, 1.82) is 0 Å². The fourth-order valence-electron chi connectivity index (χ4n) is 3.74. The van der Waals surface area contributed by atoms with E-state index in [-0.39, 0.29) is 23.5 Å². The Morgan fingerprint density at radius 3 is 2.62 bits per heavy atom. The van der Waals surface area contributed by atoms with E-state index in [0.717, 1.165) is 50.9 Å². The zero-order valence-corrected chi connectivity index (χ0v) is 19.7. The first-order valence-electron chi connectivity index (χ1n) is 11.6. The largest absolute Gasteiger partial charge is 0.364 e. The fraction of sp³-hybridized carbons (Fsp3) is 0.440. The van der Waals surface area contributed by atoms with Gasteiger partial charge in [-0.25, -0.2) is 9.37 Å². The molecule has 0 saturated carbocycles. The summed E-state index contributed by atoms with van der Waals surface area (Å²) in [5.41, 5.74) is 1.63. The Bertz CT molecular complexity index is 1050. The van der Waals surface area contributed by atoms with Crippen molar-refractivity contribution in [3.8, 4) is 11.3 Å². The molecule has 3 aromatic rings. The highest BCUT2D eigenvalue weighted by Gasteiger charge is 2.29. The number of aryl methyl sites for hydroxylation is 1. The molecule has 3 heterocycles. The molecule has 4 rings (SSSR count). The van der Waals surface area contributed by atoms with E-state index in [4.69, 9.17) is 0 Å². The summed E-state index contributed by atoms with van der Waals surface area (Å²) < 4.78 is 18.4. The number of aromatic amines is 1. The number of Topliss-reactive ketones (excluding diaryl/α,β-unsaturated/α-hetero) is 1. The van der Waals surface area contributed by atoms with Gasteiger partial charge in [-0.15, -0.1) is 0 Å². The van der Waals surface area contributed by atoms with Gasteiger partial charge >= 0.3 is 0 Å². The number of likely N-dealkylation sites (N-methyl/N-ethyl adjacent to an activating group) is 2. The second-order valence-corrected chi connectivity index (χ2v) is 8.34. The summed E-state index contributed by atoms with van der Waals surface area (Å²) in [4.78, 5) is 32.1. The lowest BCUT2D eigenvalue weighted by molar-refractivity contribution is -0.129. The number of ketones is 1. The van der Waals surface area contributed by atoms with Crippen molar-refractivity contribution in [1.82, 2.24) is 25.3 Å². The Morgan fingerprint density at radius 2 is 2.00 bits per heavy atom. The lowest BCUT2D eigenvalue weighted by Crippen LogP contribution is -2.53. The third-order valence-electron chi connectivity index (χ3n) is 5.92. The standard InChI is InChI=1S/C19H20FN3O2.C6H12N2O/c20-15-8-6-5-7-14(15)17-13-21-19(22-17)10-4-2-1-3-9-18(24)16-11-12-25-23-16;1-7-6(9)5-3-4-8(5)2/h5-8,11-13H,1-4,9-10H2,(H,21,22);5H,3-4H2,1-2H3,(H,7,9). The fourth-order valence-corrected chi connectivity index (χ4v) is 3.74. The summed E-state index contributed by atoms with van der Waals surface area (Å²) in [6, 6.07) is 8.39. The molecule has 0 radical (unpaired) electrons. The van der Waals surface area contributed by atoms with Crippen molar-refractivity contribution in [3.63, 3.8) is 0 Å². The van der Waals surface area contributed by atoms with E-state index in [1.165, 1.54) is 12.3 Å². The highest BCUT2D eigenvalue weighted by atomic mass is 19.1. The Hall–Kier alpha value is -3.33. The Labute approximate surface area is 198 Å². The second kappa shape index (κ2) is 12.8. The molecule has 0 aliphatic carbocycles. The topological polar surface area (TPSA) is 104 Å². The molecule has 1 atom stereocenters. The number of H-pyrrole nitrogens is 1. The van der Waals surface area contributed by atoms with Crippen LogP contribution in [-0.4, -0.2) is 58.4 Å². The average Bonchev–Trinajstić information content (AvgIpc) is 3.53. The molecule has 1 aliphatic rings. The first-order chi connectivity index (χ1) is 16.5. The molecule has 1 aliphatic heterocycles. The van der Waals surface area contributed by atoms with Gasteiger partial charge in [0.1, 0.15) is 23.6 Å². The summed E-state index contributed by atoms with van der Waals surface area (Å²) >= 11 is 0. The normalized spacial score (nSPS) is 15.2. The van der Waals surface area contributed by atoms with Gasteiger partial charge in [0.2, 0.25) is 5.91 Å². The number of nitrogens with one attached hydrogen (secondary N) is 2. The quantitative estimate of drug-likeness (QED) is 0.343. The van der Waals surface area contributed by atoms with Gasteiger partial charge < -0.3 is 14.8 Å². The lowest BCUT2D eigenvalue weighted by Gasteiger charge is -2.35. The van der Waals surface area contributed by atoms with Crippen LogP contribution in [0.3, 0.4) is 0 Å². The van der Waals surface area contributed by atoms with Crippen molar-refractivity contribution >= 4 is 11.7 Å². The van der Waals surface area contributed by atoms with Gasteiger partial charge in [0, 0.05) is 38.1 Å². The van der Waals surface area contributed by atoms with Crippen LogP contribution in [0.4, 0.5) is 4.39 Å². The Kier molecular flexibility index (Phi) is 9.51. The highest BCUT2D eigenvalue weighted by molar-refractivity contribution is 5.93. The summed E-state index contributed by atoms with van der Waals surface area (Å²) in [6.45, 7) is 1.05. The molecule has 1 amide bonds. The number of benzene rings is 1. The van der Waals surface area contributed by atoms with Crippen LogP contribution >= 0.6 is 0 Å². The number of imidazole rings is 1. The molecule has 1 unspecified atom stereocenters. The molecule has 1 aromatic carbocycles. The SMILES string of the molecule is CNC(=O)C1CCN1C.O=C(CCCCCCc1ncc(-c2ccccc2F)[nH]1)c1ccon1. The van der Waals surface area contributed by atoms with Gasteiger partial charge in [0.25, 0.3) is 0 Å². The number of carbonyl (C=O) groups excluding carboxylic acids is 2. The minimum atomic E-state index is -0.255. The maximum atomic E-state index is 13.8. The number of rotatable bonds is 10. The first-order valence-corrected chi connectivity index (χ1v) is 11.6. The Morgan fingerprint density at radius 1 is 1.21 bits per heavy atom. The van der Waals surface area contributed by atoms with Crippen LogP contribution in [0.2, 0.25) is 0 Å². The molecule has 8 nitrogen and oxygen atoms in total. The van der Waals surface area contributed by atoms with Crippen LogP contribution in [0.5, 0.6) is 0 Å². The third kappa shape index (κ3) is 7.08. The maximum absolute atomic E-state index is 13.8. The lowest BCUT2D eigenvalue weighted by atomic mass is 10.0. The van der Waals surface area contributed by atoms with Gasteiger partial charge in [0.15, 0.2) is 5.78 Å². The minimum absolute atomic E-state index is 0.0225. The smallest absolute Gasteiger partial charge is 0.237 e. The molecule has 2 aromatic heterocycles. The van der Waals surface area contributed by atoms with Crippen LogP contribution in [0.15, 0.2) is 47.3 Å². The molecular formula is C25H32FN5O3. The number of nitrogens with zero attached hydrogens (tertiary/aromatic N) is 3. The van der Waals surface area contributed by atoms with Crippen LogP contribution in [0.1, 0.15) is 54.8 Å². The van der Waals surface area contributed by atoms with Gasteiger partial charge in [-0.1, -0.05) is 30.1 Å². The van der Waals surface area contributed by atoms with Crippen LogP contribution in [0, 0.1) is 5.82 Å². The first kappa shape index (κ1) is 25.3. The predicted octanol–water partition coefficient (Wildman–Crippen LogP) is 4.02. The van der Waals surface area contributed by atoms with Crippen molar-refractivity contribution < 1.29 is 18.5 Å². The summed E-state index contributed by atoms with van der Waals surface area (Å²) in [5, 5.41) is 6.26. The molecule has 9 heteroatoms. The van der Waals surface area contributed by atoms with E-state index in [0.29, 0.717) is 23.4 Å². The third-order valence-corrected chi connectivity index (χ3v) is 5.92. The summed E-state index contributed by atoms with van der Waals surface area (Å²) in [6.07, 6.45) is 9.20. The van der Waals surface area contributed by atoms with Crippen LogP contribution in [0.25, 0.3) is 11.3 Å².